The smallest absolute Gasteiger partial charge is 0.234 e. The molecule has 1 aliphatic heterocycles. The molecule has 1 fully saturated rings. The number of aromatic nitrogens is 2. The Hall–Kier alpha value is -1.92. The van der Waals surface area contributed by atoms with Crippen LogP contribution in [-0.2, 0) is 11.3 Å². The predicted molar refractivity (Wildman–Crippen MR) is 99.4 cm³/mol. The molecule has 136 valence electrons. The van der Waals surface area contributed by atoms with Crippen LogP contribution in [0.2, 0.25) is 0 Å². The van der Waals surface area contributed by atoms with Gasteiger partial charge in [-0.05, 0) is 32.4 Å². The molecule has 6 heteroatoms. The van der Waals surface area contributed by atoms with Crippen LogP contribution in [0.1, 0.15) is 32.9 Å². The number of fused-ring (bicyclic) bond motifs is 1. The Labute approximate surface area is 149 Å². The number of nitrogens with zero attached hydrogens (tertiary/aromatic N) is 4. The first-order valence-electron chi connectivity index (χ1n) is 9.13. The molecule has 25 heavy (non-hydrogen) atoms. The Morgan fingerprint density at radius 2 is 1.92 bits per heavy atom. The minimum absolute atomic E-state index is 0.123. The first kappa shape index (κ1) is 17.9. The summed E-state index contributed by atoms with van der Waals surface area (Å²) in [6.07, 6.45) is 5.06. The lowest BCUT2D eigenvalue weighted by Gasteiger charge is -2.34. The molecule has 1 N–H and O–H groups in total. The van der Waals surface area contributed by atoms with Crippen molar-refractivity contribution in [1.29, 1.82) is 0 Å². The van der Waals surface area contributed by atoms with E-state index in [9.17, 15) is 4.79 Å². The van der Waals surface area contributed by atoms with E-state index in [1.165, 1.54) is 0 Å². The third kappa shape index (κ3) is 4.80. The van der Waals surface area contributed by atoms with Crippen molar-refractivity contribution in [2.24, 2.45) is 0 Å². The number of piperazine rings is 1. The zero-order valence-electron chi connectivity index (χ0n) is 15.5. The van der Waals surface area contributed by atoms with Crippen LogP contribution >= 0.6 is 0 Å². The molecule has 3 rings (SSSR count). The Morgan fingerprint density at radius 1 is 1.20 bits per heavy atom. The zero-order chi connectivity index (χ0) is 17.9. The van der Waals surface area contributed by atoms with Gasteiger partial charge in [0.05, 0.1) is 12.2 Å². The monoisotopic (exact) mass is 343 g/mol. The fourth-order valence-electron chi connectivity index (χ4n) is 3.11. The fraction of sp³-hybridized carbons (Fsp3) is 0.579. The first-order chi connectivity index (χ1) is 11.9. The van der Waals surface area contributed by atoms with Crippen LogP contribution < -0.4 is 5.32 Å². The summed E-state index contributed by atoms with van der Waals surface area (Å²) in [5.41, 5.74) is 1.97. The van der Waals surface area contributed by atoms with Crippen molar-refractivity contribution >= 4 is 11.6 Å². The second kappa shape index (κ2) is 7.54. The fourth-order valence-corrected chi connectivity index (χ4v) is 3.11. The number of hydrogen-bond donors (Lipinski definition) is 1. The lowest BCUT2D eigenvalue weighted by atomic mass is 10.0. The maximum Gasteiger partial charge on any atom is 0.234 e. The summed E-state index contributed by atoms with van der Waals surface area (Å²) in [6.45, 7) is 11.4. The van der Waals surface area contributed by atoms with Gasteiger partial charge in [0.1, 0.15) is 5.65 Å². The average molecular weight is 343 g/mol. The molecule has 1 amide bonds. The van der Waals surface area contributed by atoms with Gasteiger partial charge in [0.2, 0.25) is 5.91 Å². The van der Waals surface area contributed by atoms with Crippen molar-refractivity contribution in [2.75, 3.05) is 32.7 Å². The van der Waals surface area contributed by atoms with Crippen LogP contribution in [0.4, 0.5) is 0 Å². The second-order valence-electron chi connectivity index (χ2n) is 7.54. The number of hydrogen-bond acceptors (Lipinski definition) is 4. The highest BCUT2D eigenvalue weighted by Gasteiger charge is 2.22. The van der Waals surface area contributed by atoms with E-state index in [2.05, 4.69) is 51.5 Å². The number of nitrogens with one attached hydrogen (secondary N) is 1. The summed E-state index contributed by atoms with van der Waals surface area (Å²) in [4.78, 5) is 21.5. The Kier molecular flexibility index (Phi) is 5.39. The molecule has 2 aromatic heterocycles. The van der Waals surface area contributed by atoms with Gasteiger partial charge in [0.15, 0.2) is 0 Å². The Bertz CT molecular complexity index is 682. The molecule has 0 bridgehead atoms. The summed E-state index contributed by atoms with van der Waals surface area (Å²) in [6, 6.07) is 6.05. The van der Waals surface area contributed by atoms with Crippen molar-refractivity contribution in [2.45, 2.75) is 39.3 Å². The predicted octanol–water partition coefficient (Wildman–Crippen LogP) is 1.76. The van der Waals surface area contributed by atoms with Crippen LogP contribution in [0.25, 0.3) is 5.65 Å². The van der Waals surface area contributed by atoms with E-state index >= 15 is 0 Å². The molecule has 0 radical (unpaired) electrons. The zero-order valence-corrected chi connectivity index (χ0v) is 15.5. The minimum atomic E-state index is -0.123. The third-order valence-corrected chi connectivity index (χ3v) is 4.99. The van der Waals surface area contributed by atoms with Gasteiger partial charge in [-0.15, -0.1) is 0 Å². The highest BCUT2D eigenvalue weighted by molar-refractivity contribution is 5.78. The quantitative estimate of drug-likeness (QED) is 0.868. The van der Waals surface area contributed by atoms with Gasteiger partial charge in [0, 0.05) is 50.7 Å². The average Bonchev–Trinajstić information content (AvgIpc) is 2.98. The molecule has 0 spiro atoms. The number of amides is 1. The van der Waals surface area contributed by atoms with E-state index in [4.69, 9.17) is 0 Å². The largest absolute Gasteiger partial charge is 0.350 e. The van der Waals surface area contributed by atoms with Gasteiger partial charge in [-0.3, -0.25) is 14.6 Å². The summed E-state index contributed by atoms with van der Waals surface area (Å²) < 4.78 is 2.06. The van der Waals surface area contributed by atoms with Gasteiger partial charge in [-0.25, -0.2) is 4.98 Å². The SMILES string of the molecule is CCC(C)(C)NC(=O)CN1CCN(Cc2cn3ccccc3n2)CC1. The van der Waals surface area contributed by atoms with E-state index < -0.39 is 0 Å². The van der Waals surface area contributed by atoms with Gasteiger partial charge >= 0.3 is 0 Å². The Morgan fingerprint density at radius 3 is 2.60 bits per heavy atom. The molecular formula is C19H29N5O. The maximum absolute atomic E-state index is 12.2. The third-order valence-electron chi connectivity index (χ3n) is 4.99. The molecule has 3 heterocycles. The van der Waals surface area contributed by atoms with Crippen LogP contribution in [0.5, 0.6) is 0 Å². The number of carbonyl (C=O) groups excluding carboxylic acids is 1. The van der Waals surface area contributed by atoms with Gasteiger partial charge in [0.25, 0.3) is 0 Å². The van der Waals surface area contributed by atoms with E-state index in [0.29, 0.717) is 6.54 Å². The number of pyridine rings is 1. The summed E-state index contributed by atoms with van der Waals surface area (Å²) in [5.74, 6) is 0.126. The van der Waals surface area contributed by atoms with Crippen LogP contribution in [0.3, 0.4) is 0 Å². The molecule has 0 unspecified atom stereocenters. The van der Waals surface area contributed by atoms with Gasteiger partial charge in [-0.1, -0.05) is 13.0 Å². The molecular weight excluding hydrogens is 314 g/mol. The molecule has 2 aromatic rings. The van der Waals surface area contributed by atoms with Crippen molar-refractivity contribution in [3.8, 4) is 0 Å². The van der Waals surface area contributed by atoms with E-state index in [1.807, 2.05) is 24.4 Å². The molecule has 0 aromatic carbocycles. The lowest BCUT2D eigenvalue weighted by molar-refractivity contribution is -0.124. The van der Waals surface area contributed by atoms with Crippen molar-refractivity contribution < 1.29 is 4.79 Å². The van der Waals surface area contributed by atoms with Crippen molar-refractivity contribution in [1.82, 2.24) is 24.5 Å². The number of rotatable bonds is 6. The minimum Gasteiger partial charge on any atom is -0.350 e. The molecule has 0 atom stereocenters. The van der Waals surface area contributed by atoms with E-state index in [0.717, 1.165) is 50.5 Å². The van der Waals surface area contributed by atoms with Gasteiger partial charge in [-0.2, -0.15) is 0 Å². The number of imidazole rings is 1. The molecule has 1 saturated heterocycles. The second-order valence-corrected chi connectivity index (χ2v) is 7.54. The molecule has 0 saturated carbocycles. The van der Waals surface area contributed by atoms with E-state index in [-0.39, 0.29) is 11.4 Å². The van der Waals surface area contributed by atoms with Crippen LogP contribution in [0, 0.1) is 0 Å². The summed E-state index contributed by atoms with van der Waals surface area (Å²) >= 11 is 0. The van der Waals surface area contributed by atoms with Crippen molar-refractivity contribution in [3.05, 3.63) is 36.3 Å². The number of carbonyl (C=O) groups is 1. The van der Waals surface area contributed by atoms with Crippen LogP contribution in [0.15, 0.2) is 30.6 Å². The molecule has 1 aliphatic rings. The lowest BCUT2D eigenvalue weighted by Crippen LogP contribution is -2.52. The standard InChI is InChI=1S/C19H29N5O/c1-4-19(2,3)21-18(25)15-23-11-9-22(10-12-23)13-16-14-24-8-6-5-7-17(24)20-16/h5-8,14H,4,9-13,15H2,1-3H3,(H,21,25). The van der Waals surface area contributed by atoms with Crippen LogP contribution in [-0.4, -0.2) is 63.4 Å². The molecule has 6 nitrogen and oxygen atoms in total. The highest BCUT2D eigenvalue weighted by Crippen LogP contribution is 2.11. The maximum atomic E-state index is 12.2. The first-order valence-corrected chi connectivity index (χ1v) is 9.13. The normalized spacial score (nSPS) is 17.1. The van der Waals surface area contributed by atoms with Crippen molar-refractivity contribution in [3.63, 3.8) is 0 Å². The summed E-state index contributed by atoms with van der Waals surface area (Å²) in [5, 5.41) is 3.11. The topological polar surface area (TPSA) is 52.9 Å². The molecule has 0 aliphatic carbocycles. The summed E-state index contributed by atoms with van der Waals surface area (Å²) in [7, 11) is 0. The highest BCUT2D eigenvalue weighted by atomic mass is 16.2. The Balaban J connectivity index is 1.46. The van der Waals surface area contributed by atoms with E-state index in [1.54, 1.807) is 0 Å². The van der Waals surface area contributed by atoms with Gasteiger partial charge < -0.3 is 9.72 Å².